The third kappa shape index (κ3) is 3.11. The maximum atomic E-state index is 12.7. The average molecular weight is 344 g/mol. The van der Waals surface area contributed by atoms with Crippen molar-refractivity contribution >= 4 is 17.4 Å². The first-order chi connectivity index (χ1) is 12.6. The van der Waals surface area contributed by atoms with E-state index in [-0.39, 0.29) is 6.03 Å². The van der Waals surface area contributed by atoms with Crippen LogP contribution in [0.25, 0.3) is 11.1 Å². The number of nitrogens with zero attached hydrogens (tertiary/aromatic N) is 2. The van der Waals surface area contributed by atoms with Crippen LogP contribution in [0.3, 0.4) is 0 Å². The molecule has 0 aliphatic carbocycles. The third-order valence-electron chi connectivity index (χ3n) is 4.65. The van der Waals surface area contributed by atoms with Crippen LogP contribution in [0.2, 0.25) is 0 Å². The number of nitrogens with two attached hydrogens (primary N) is 1. The Bertz CT molecular complexity index is 941. The summed E-state index contributed by atoms with van der Waals surface area (Å²) in [6.45, 7) is 3.13. The predicted octanol–water partition coefficient (Wildman–Crippen LogP) is 4.19. The number of anilines is 2. The number of rotatable bonds is 2. The van der Waals surface area contributed by atoms with Gasteiger partial charge in [0.15, 0.2) is 0 Å². The van der Waals surface area contributed by atoms with Gasteiger partial charge < -0.3 is 16.0 Å². The average Bonchev–Trinajstić information content (AvgIpc) is 3.09. The van der Waals surface area contributed by atoms with E-state index in [0.717, 1.165) is 22.4 Å². The number of hydrogen-bond donors (Lipinski definition) is 2. The van der Waals surface area contributed by atoms with E-state index in [9.17, 15) is 4.79 Å². The lowest BCUT2D eigenvalue weighted by atomic mass is 10.0. The lowest BCUT2D eigenvalue weighted by Crippen LogP contribution is -2.30. The number of nitrogens with one attached hydrogen (secondary N) is 1. The van der Waals surface area contributed by atoms with Crippen LogP contribution in [0, 0.1) is 6.92 Å². The number of fused-ring (bicyclic) bond motifs is 1. The molecule has 0 saturated heterocycles. The minimum atomic E-state index is -0.171. The molecule has 130 valence electrons. The van der Waals surface area contributed by atoms with E-state index >= 15 is 0 Å². The van der Waals surface area contributed by atoms with Crippen molar-refractivity contribution in [1.82, 2.24) is 9.88 Å². The Labute approximate surface area is 152 Å². The normalized spacial score (nSPS) is 12.7. The van der Waals surface area contributed by atoms with Gasteiger partial charge in [-0.25, -0.2) is 4.79 Å². The highest BCUT2D eigenvalue weighted by molar-refractivity contribution is 5.94. The van der Waals surface area contributed by atoms with E-state index in [1.54, 1.807) is 11.1 Å². The number of hydrogen-bond acceptors (Lipinski definition) is 3. The molecule has 2 amide bonds. The summed E-state index contributed by atoms with van der Waals surface area (Å²) in [5.74, 6) is 0. The number of pyridine rings is 1. The van der Waals surface area contributed by atoms with Gasteiger partial charge in [0.05, 0.1) is 23.6 Å². The van der Waals surface area contributed by atoms with Crippen molar-refractivity contribution in [3.8, 4) is 11.1 Å². The fourth-order valence-electron chi connectivity index (χ4n) is 3.13. The maximum absolute atomic E-state index is 12.7. The van der Waals surface area contributed by atoms with Crippen molar-refractivity contribution in [2.75, 3.05) is 11.1 Å². The molecule has 1 aliphatic heterocycles. The molecule has 0 unspecified atom stereocenters. The predicted molar refractivity (Wildman–Crippen MR) is 104 cm³/mol. The standard InChI is InChI=1S/C21H20N4O/c1-14-4-6-15(7-5-14)16-8-9-18(22)19(11-16)24-21(26)25-12-17-3-2-10-23-20(17)13-25/h2-11H,12-13,22H2,1H3,(H,24,26). The summed E-state index contributed by atoms with van der Waals surface area (Å²) in [6.07, 6.45) is 1.75. The van der Waals surface area contributed by atoms with Crippen LogP contribution in [0.1, 0.15) is 16.8 Å². The quantitative estimate of drug-likeness (QED) is 0.685. The van der Waals surface area contributed by atoms with Gasteiger partial charge >= 0.3 is 6.03 Å². The second kappa shape index (κ2) is 6.52. The third-order valence-corrected chi connectivity index (χ3v) is 4.65. The monoisotopic (exact) mass is 344 g/mol. The number of benzene rings is 2. The van der Waals surface area contributed by atoms with Gasteiger partial charge in [-0.05, 0) is 41.8 Å². The second-order valence-corrected chi connectivity index (χ2v) is 6.56. The van der Waals surface area contributed by atoms with Gasteiger partial charge in [-0.3, -0.25) is 4.98 Å². The summed E-state index contributed by atoms with van der Waals surface area (Å²) in [4.78, 5) is 18.7. The summed E-state index contributed by atoms with van der Waals surface area (Å²) in [7, 11) is 0. The van der Waals surface area contributed by atoms with Gasteiger partial charge in [0, 0.05) is 12.7 Å². The molecule has 0 saturated carbocycles. The van der Waals surface area contributed by atoms with E-state index in [1.165, 1.54) is 5.56 Å². The molecule has 2 heterocycles. The van der Waals surface area contributed by atoms with Crippen LogP contribution in [0.15, 0.2) is 60.8 Å². The highest BCUT2D eigenvalue weighted by Crippen LogP contribution is 2.28. The molecule has 2 aromatic carbocycles. The Hall–Kier alpha value is -3.34. The molecule has 0 bridgehead atoms. The number of aromatic nitrogens is 1. The van der Waals surface area contributed by atoms with Gasteiger partial charge in [0.1, 0.15) is 0 Å². The zero-order valence-corrected chi connectivity index (χ0v) is 14.6. The largest absolute Gasteiger partial charge is 0.397 e. The van der Waals surface area contributed by atoms with Gasteiger partial charge in [-0.15, -0.1) is 0 Å². The van der Waals surface area contributed by atoms with Crippen molar-refractivity contribution in [2.45, 2.75) is 20.0 Å². The molecule has 5 heteroatoms. The van der Waals surface area contributed by atoms with Crippen LogP contribution in [-0.2, 0) is 13.1 Å². The zero-order chi connectivity index (χ0) is 18.1. The highest BCUT2D eigenvalue weighted by Gasteiger charge is 2.24. The lowest BCUT2D eigenvalue weighted by molar-refractivity contribution is 0.212. The molecule has 0 fully saturated rings. The van der Waals surface area contributed by atoms with E-state index in [2.05, 4.69) is 41.5 Å². The Morgan fingerprint density at radius 1 is 1.08 bits per heavy atom. The van der Waals surface area contributed by atoms with Crippen LogP contribution >= 0.6 is 0 Å². The molecule has 5 nitrogen and oxygen atoms in total. The first-order valence-corrected chi connectivity index (χ1v) is 8.55. The molecule has 3 N–H and O–H groups in total. The Kier molecular flexibility index (Phi) is 4.05. The number of carbonyl (C=O) groups is 1. The second-order valence-electron chi connectivity index (χ2n) is 6.56. The van der Waals surface area contributed by atoms with Gasteiger partial charge in [0.25, 0.3) is 0 Å². The fraction of sp³-hybridized carbons (Fsp3) is 0.143. The topological polar surface area (TPSA) is 71.2 Å². The minimum Gasteiger partial charge on any atom is -0.397 e. The lowest BCUT2D eigenvalue weighted by Gasteiger charge is -2.18. The SMILES string of the molecule is Cc1ccc(-c2ccc(N)c(NC(=O)N3Cc4cccnc4C3)c2)cc1. The summed E-state index contributed by atoms with van der Waals surface area (Å²) >= 11 is 0. The van der Waals surface area contributed by atoms with Crippen LogP contribution < -0.4 is 11.1 Å². The smallest absolute Gasteiger partial charge is 0.322 e. The summed E-state index contributed by atoms with van der Waals surface area (Å²) in [6, 6.07) is 17.7. The van der Waals surface area contributed by atoms with Gasteiger partial charge in [-0.1, -0.05) is 42.0 Å². The number of urea groups is 1. The molecule has 1 aromatic heterocycles. The molecule has 26 heavy (non-hydrogen) atoms. The summed E-state index contributed by atoms with van der Waals surface area (Å²) in [5, 5.41) is 2.94. The van der Waals surface area contributed by atoms with Crippen molar-refractivity contribution in [2.24, 2.45) is 0 Å². The van der Waals surface area contributed by atoms with E-state index in [0.29, 0.717) is 24.5 Å². The van der Waals surface area contributed by atoms with E-state index < -0.39 is 0 Å². The molecule has 3 aromatic rings. The summed E-state index contributed by atoms with van der Waals surface area (Å²) < 4.78 is 0. The number of nitrogen functional groups attached to an aromatic ring is 1. The molecular formula is C21H20N4O. The van der Waals surface area contributed by atoms with E-state index in [4.69, 9.17) is 5.73 Å². The molecule has 0 spiro atoms. The minimum absolute atomic E-state index is 0.171. The van der Waals surface area contributed by atoms with Gasteiger partial charge in [0.2, 0.25) is 0 Å². The van der Waals surface area contributed by atoms with Crippen LogP contribution in [-0.4, -0.2) is 15.9 Å². The molecule has 1 aliphatic rings. The van der Waals surface area contributed by atoms with Crippen molar-refractivity contribution in [1.29, 1.82) is 0 Å². The van der Waals surface area contributed by atoms with Crippen molar-refractivity contribution in [3.05, 3.63) is 77.6 Å². The molecule has 4 rings (SSSR count). The van der Waals surface area contributed by atoms with Crippen LogP contribution in [0.4, 0.5) is 16.2 Å². The Morgan fingerprint density at radius 3 is 2.62 bits per heavy atom. The number of amides is 2. The maximum Gasteiger partial charge on any atom is 0.322 e. The Morgan fingerprint density at radius 2 is 1.85 bits per heavy atom. The Balaban J connectivity index is 1.54. The van der Waals surface area contributed by atoms with Gasteiger partial charge in [-0.2, -0.15) is 0 Å². The van der Waals surface area contributed by atoms with Crippen molar-refractivity contribution in [3.63, 3.8) is 0 Å². The van der Waals surface area contributed by atoms with Crippen molar-refractivity contribution < 1.29 is 4.79 Å². The molecular weight excluding hydrogens is 324 g/mol. The molecule has 0 atom stereocenters. The first kappa shape index (κ1) is 16.1. The van der Waals surface area contributed by atoms with E-state index in [1.807, 2.05) is 30.3 Å². The molecule has 0 radical (unpaired) electrons. The van der Waals surface area contributed by atoms with Crippen LogP contribution in [0.5, 0.6) is 0 Å². The highest BCUT2D eigenvalue weighted by atomic mass is 16.2. The summed E-state index contributed by atoms with van der Waals surface area (Å²) in [5.41, 5.74) is 12.6. The fourth-order valence-corrected chi connectivity index (χ4v) is 3.13. The number of aryl methyl sites for hydroxylation is 1. The first-order valence-electron chi connectivity index (χ1n) is 8.55. The number of carbonyl (C=O) groups excluding carboxylic acids is 1. The zero-order valence-electron chi connectivity index (χ0n) is 14.6.